The van der Waals surface area contributed by atoms with Gasteiger partial charge in [0.15, 0.2) is 11.6 Å². The minimum Gasteiger partial charge on any atom is -0.368 e. The summed E-state index contributed by atoms with van der Waals surface area (Å²) in [6, 6.07) is 0. The summed E-state index contributed by atoms with van der Waals surface area (Å²) in [7, 11) is -3.33. The van der Waals surface area contributed by atoms with Gasteiger partial charge < -0.3 is 11.1 Å². The second kappa shape index (κ2) is 5.73. The van der Waals surface area contributed by atoms with E-state index in [-0.39, 0.29) is 24.1 Å². The molecule has 0 atom stereocenters. The molecule has 0 saturated heterocycles. The summed E-state index contributed by atoms with van der Waals surface area (Å²) >= 11 is 0. The lowest BCUT2D eigenvalue weighted by molar-refractivity contribution is 0.583. The van der Waals surface area contributed by atoms with Crippen molar-refractivity contribution < 1.29 is 12.8 Å². The highest BCUT2D eigenvalue weighted by atomic mass is 32.2. The zero-order valence-electron chi connectivity index (χ0n) is 9.27. The van der Waals surface area contributed by atoms with E-state index < -0.39 is 15.8 Å². The van der Waals surface area contributed by atoms with E-state index in [2.05, 4.69) is 20.0 Å². The molecule has 9 heteroatoms. The Kier molecular flexibility index (Phi) is 4.58. The van der Waals surface area contributed by atoms with E-state index in [1.165, 1.54) is 0 Å². The van der Waals surface area contributed by atoms with Crippen LogP contribution in [0.5, 0.6) is 0 Å². The lowest BCUT2D eigenvalue weighted by atomic mass is 10.5. The number of hydrogen-bond donors (Lipinski definition) is 3. The van der Waals surface area contributed by atoms with Crippen LogP contribution in [0.25, 0.3) is 0 Å². The summed E-state index contributed by atoms with van der Waals surface area (Å²) in [6.45, 7) is 2.02. The van der Waals surface area contributed by atoms with Crippen LogP contribution in [0.3, 0.4) is 0 Å². The maximum Gasteiger partial charge on any atom is 0.222 e. The lowest BCUT2D eigenvalue weighted by Crippen LogP contribution is -2.29. The van der Waals surface area contributed by atoms with E-state index in [9.17, 15) is 12.8 Å². The zero-order valence-corrected chi connectivity index (χ0v) is 10.1. The van der Waals surface area contributed by atoms with Crippen molar-refractivity contribution in [2.45, 2.75) is 6.92 Å². The van der Waals surface area contributed by atoms with Crippen molar-refractivity contribution in [3.8, 4) is 0 Å². The van der Waals surface area contributed by atoms with Crippen LogP contribution in [0.1, 0.15) is 6.92 Å². The molecule has 0 bridgehead atoms. The average molecular weight is 263 g/mol. The first kappa shape index (κ1) is 13.6. The van der Waals surface area contributed by atoms with Crippen molar-refractivity contribution in [3.05, 3.63) is 12.0 Å². The number of sulfonamides is 1. The minimum atomic E-state index is -3.33. The standard InChI is InChI=1S/C8H14FN5O2S/c1-2-13-17(15,16)4-3-11-7-6(9)5-12-8(10)14-7/h5,13H,2-4H2,1H3,(H3,10,11,12,14). The SMILES string of the molecule is CCNS(=O)(=O)CCNc1nc(N)ncc1F. The molecule has 0 fully saturated rings. The third-order valence-corrected chi connectivity index (χ3v) is 3.26. The average Bonchev–Trinajstić information content (AvgIpc) is 2.23. The number of hydrogen-bond acceptors (Lipinski definition) is 6. The molecular formula is C8H14FN5O2S. The van der Waals surface area contributed by atoms with Gasteiger partial charge in [-0.15, -0.1) is 0 Å². The highest BCUT2D eigenvalue weighted by Gasteiger charge is 2.09. The number of anilines is 2. The van der Waals surface area contributed by atoms with Crippen molar-refractivity contribution in [1.82, 2.24) is 14.7 Å². The number of nitrogen functional groups attached to an aromatic ring is 1. The summed E-state index contributed by atoms with van der Waals surface area (Å²) < 4.78 is 38.0. The van der Waals surface area contributed by atoms with Crippen LogP contribution in [-0.4, -0.2) is 37.2 Å². The van der Waals surface area contributed by atoms with Crippen LogP contribution in [0.4, 0.5) is 16.2 Å². The quantitative estimate of drug-likeness (QED) is 0.641. The Labute approximate surface area is 98.7 Å². The number of nitrogens with two attached hydrogens (primary N) is 1. The first-order valence-electron chi connectivity index (χ1n) is 4.94. The van der Waals surface area contributed by atoms with Crippen LogP contribution >= 0.6 is 0 Å². The van der Waals surface area contributed by atoms with Crippen molar-refractivity contribution in [2.24, 2.45) is 0 Å². The van der Waals surface area contributed by atoms with E-state index in [1.807, 2.05) is 0 Å². The predicted octanol–water partition coefficient (Wildman–Crippen LogP) is -0.451. The highest BCUT2D eigenvalue weighted by Crippen LogP contribution is 2.09. The van der Waals surface area contributed by atoms with Crippen LogP contribution in [0.15, 0.2) is 6.20 Å². The molecule has 0 aromatic carbocycles. The fourth-order valence-electron chi connectivity index (χ4n) is 1.10. The number of rotatable bonds is 6. The van der Waals surface area contributed by atoms with E-state index in [0.29, 0.717) is 6.54 Å². The first-order valence-corrected chi connectivity index (χ1v) is 6.59. The number of halogens is 1. The molecule has 1 rings (SSSR count). The minimum absolute atomic E-state index is 0.0305. The van der Waals surface area contributed by atoms with Crippen molar-refractivity contribution >= 4 is 21.8 Å². The summed E-state index contributed by atoms with van der Waals surface area (Å²) in [5.74, 6) is -1.04. The second-order valence-corrected chi connectivity index (χ2v) is 5.09. The molecule has 0 aliphatic heterocycles. The molecule has 0 aliphatic rings. The molecule has 0 saturated carbocycles. The van der Waals surface area contributed by atoms with Gasteiger partial charge in [0.05, 0.1) is 11.9 Å². The zero-order chi connectivity index (χ0) is 12.9. The molecule has 0 radical (unpaired) electrons. The largest absolute Gasteiger partial charge is 0.368 e. The molecule has 17 heavy (non-hydrogen) atoms. The normalized spacial score (nSPS) is 11.4. The Bertz CT molecular complexity index is 479. The fourth-order valence-corrected chi connectivity index (χ4v) is 2.06. The lowest BCUT2D eigenvalue weighted by Gasteiger charge is -2.07. The van der Waals surface area contributed by atoms with E-state index in [4.69, 9.17) is 5.73 Å². The van der Waals surface area contributed by atoms with Crippen molar-refractivity contribution in [2.75, 3.05) is 29.9 Å². The summed E-state index contributed by atoms with van der Waals surface area (Å²) in [4.78, 5) is 7.05. The molecule has 1 heterocycles. The van der Waals surface area contributed by atoms with Gasteiger partial charge in [-0.25, -0.2) is 22.5 Å². The molecule has 96 valence electrons. The van der Waals surface area contributed by atoms with Gasteiger partial charge in [-0.2, -0.15) is 4.98 Å². The van der Waals surface area contributed by atoms with Gasteiger partial charge in [0.1, 0.15) is 0 Å². The monoisotopic (exact) mass is 263 g/mol. The van der Waals surface area contributed by atoms with E-state index in [1.54, 1.807) is 6.92 Å². The van der Waals surface area contributed by atoms with Crippen LogP contribution in [0.2, 0.25) is 0 Å². The third-order valence-electron chi connectivity index (χ3n) is 1.79. The van der Waals surface area contributed by atoms with Gasteiger partial charge in [-0.1, -0.05) is 6.92 Å². The Morgan fingerprint density at radius 3 is 2.88 bits per heavy atom. The summed E-state index contributed by atoms with van der Waals surface area (Å²) in [6.07, 6.45) is 0.920. The molecule has 4 N–H and O–H groups in total. The van der Waals surface area contributed by atoms with Gasteiger partial charge in [0, 0.05) is 13.1 Å². The predicted molar refractivity (Wildman–Crippen MR) is 62.4 cm³/mol. The van der Waals surface area contributed by atoms with Crippen molar-refractivity contribution in [1.29, 1.82) is 0 Å². The van der Waals surface area contributed by atoms with Gasteiger partial charge in [0.2, 0.25) is 16.0 Å². The highest BCUT2D eigenvalue weighted by molar-refractivity contribution is 7.89. The molecule has 0 unspecified atom stereocenters. The Morgan fingerprint density at radius 2 is 2.24 bits per heavy atom. The molecule has 1 aromatic heterocycles. The summed E-state index contributed by atoms with van der Waals surface area (Å²) in [5.41, 5.74) is 5.27. The Morgan fingerprint density at radius 1 is 1.53 bits per heavy atom. The molecule has 0 spiro atoms. The van der Waals surface area contributed by atoms with Gasteiger partial charge in [-0.05, 0) is 0 Å². The van der Waals surface area contributed by atoms with Crippen LogP contribution < -0.4 is 15.8 Å². The van der Waals surface area contributed by atoms with Crippen LogP contribution in [-0.2, 0) is 10.0 Å². The van der Waals surface area contributed by atoms with Gasteiger partial charge in [-0.3, -0.25) is 0 Å². The number of nitrogens with one attached hydrogen (secondary N) is 2. The Hall–Kier alpha value is -1.48. The van der Waals surface area contributed by atoms with E-state index >= 15 is 0 Å². The fraction of sp³-hybridized carbons (Fsp3) is 0.500. The van der Waals surface area contributed by atoms with Gasteiger partial charge in [0.25, 0.3) is 0 Å². The Balaban J connectivity index is 2.54. The second-order valence-electron chi connectivity index (χ2n) is 3.17. The van der Waals surface area contributed by atoms with Gasteiger partial charge >= 0.3 is 0 Å². The first-order chi connectivity index (χ1) is 7.94. The molecule has 1 aromatic rings. The number of nitrogens with zero attached hydrogens (tertiary/aromatic N) is 2. The maximum absolute atomic E-state index is 13.1. The third kappa shape index (κ3) is 4.49. The molecule has 0 amide bonds. The molecular weight excluding hydrogens is 249 g/mol. The molecule has 0 aliphatic carbocycles. The summed E-state index contributed by atoms with van der Waals surface area (Å²) in [5, 5.41) is 2.54. The maximum atomic E-state index is 13.1. The topological polar surface area (TPSA) is 110 Å². The smallest absolute Gasteiger partial charge is 0.222 e. The molecule has 7 nitrogen and oxygen atoms in total. The van der Waals surface area contributed by atoms with Crippen molar-refractivity contribution in [3.63, 3.8) is 0 Å². The van der Waals surface area contributed by atoms with E-state index in [0.717, 1.165) is 6.20 Å². The van der Waals surface area contributed by atoms with Crippen LogP contribution in [0, 0.1) is 5.82 Å². The number of aromatic nitrogens is 2.